The quantitative estimate of drug-likeness (QED) is 0.0883. The lowest BCUT2D eigenvalue weighted by molar-refractivity contribution is 0.0821. The van der Waals surface area contributed by atoms with Crippen LogP contribution >= 0.6 is 8.09 Å². The van der Waals surface area contributed by atoms with Crippen molar-refractivity contribution < 1.29 is 14.3 Å². The van der Waals surface area contributed by atoms with Gasteiger partial charge in [0.2, 0.25) is 0 Å². The first kappa shape index (κ1) is 35.3. The number of hydrogen-bond acceptors (Lipinski definition) is 4. The average molecular weight is 519 g/mol. The van der Waals surface area contributed by atoms with Crippen LogP contribution in [0.1, 0.15) is 176 Å². The fourth-order valence-corrected chi connectivity index (χ4v) is 7.17. The van der Waals surface area contributed by atoms with Crippen molar-refractivity contribution in [1.82, 2.24) is 4.67 Å². The summed E-state index contributed by atoms with van der Waals surface area (Å²) in [6, 6.07) is 0.0918. The van der Waals surface area contributed by atoms with Gasteiger partial charge in [0.1, 0.15) is 6.10 Å². The average Bonchev–Trinajstić information content (AvgIpc) is 2.77. The smallest absolute Gasteiger partial charge is 0.177 e. The normalized spacial score (nSPS) is 13.5. The zero-order valence-corrected chi connectivity index (χ0v) is 25.7. The van der Waals surface area contributed by atoms with E-state index in [4.69, 9.17) is 4.52 Å². The van der Waals surface area contributed by atoms with Gasteiger partial charge in [-0.1, -0.05) is 141 Å². The highest BCUT2D eigenvalue weighted by molar-refractivity contribution is 7.57. The molecule has 0 spiro atoms. The molecule has 0 aliphatic rings. The highest BCUT2D eigenvalue weighted by atomic mass is 31.2. The third-order valence-corrected chi connectivity index (χ3v) is 9.27. The lowest BCUT2D eigenvalue weighted by Crippen LogP contribution is -2.38. The first-order chi connectivity index (χ1) is 16.8. The second kappa shape index (κ2) is 23.4. The fourth-order valence-electron chi connectivity index (χ4n) is 5.24. The Morgan fingerprint density at radius 2 is 0.800 bits per heavy atom. The number of hydrogen-bond donors (Lipinski definition) is 2. The van der Waals surface area contributed by atoms with Gasteiger partial charge in [0, 0.05) is 12.1 Å². The van der Waals surface area contributed by atoms with E-state index in [-0.39, 0.29) is 18.2 Å². The molecule has 0 radical (unpaired) electrons. The van der Waals surface area contributed by atoms with E-state index in [1.807, 2.05) is 27.7 Å². The zero-order valence-electron chi connectivity index (χ0n) is 24.8. The van der Waals surface area contributed by atoms with Crippen LogP contribution in [-0.2, 0) is 4.52 Å². The third kappa shape index (κ3) is 20.0. The Kier molecular flexibility index (Phi) is 23.6. The van der Waals surface area contributed by atoms with E-state index >= 15 is 0 Å². The van der Waals surface area contributed by atoms with Crippen LogP contribution in [0.25, 0.3) is 0 Å². The number of unbranched alkanes of at least 4 members (excludes halogenated alkanes) is 17. The highest BCUT2D eigenvalue weighted by Crippen LogP contribution is 2.58. The summed E-state index contributed by atoms with van der Waals surface area (Å²) in [4.78, 5) is 21.8. The van der Waals surface area contributed by atoms with E-state index < -0.39 is 8.09 Å². The molecule has 0 heterocycles. The molecule has 5 heteroatoms. The van der Waals surface area contributed by atoms with E-state index in [0.29, 0.717) is 0 Å². The molecule has 0 aliphatic heterocycles. The number of rotatable bonds is 26. The number of nitrogens with zero attached hydrogens (tertiary/aromatic N) is 1. The second-order valence-electron chi connectivity index (χ2n) is 11.4. The summed E-state index contributed by atoms with van der Waals surface area (Å²) in [5.41, 5.74) is 0. The summed E-state index contributed by atoms with van der Waals surface area (Å²) in [6.45, 7) is 12.6. The van der Waals surface area contributed by atoms with Gasteiger partial charge in [-0.25, -0.2) is 0 Å². The van der Waals surface area contributed by atoms with Crippen molar-refractivity contribution in [3.8, 4) is 0 Å². The van der Waals surface area contributed by atoms with Crippen LogP contribution in [0.3, 0.4) is 0 Å². The molecule has 0 saturated carbocycles. The maximum atomic E-state index is 10.9. The molecule has 0 aromatic carbocycles. The maximum absolute atomic E-state index is 10.9. The minimum Gasteiger partial charge on any atom is -0.177 e. The van der Waals surface area contributed by atoms with Crippen LogP contribution in [0.2, 0.25) is 0 Å². The molecular weight excluding hydrogens is 453 g/mol. The molecule has 0 aliphatic carbocycles. The van der Waals surface area contributed by atoms with Gasteiger partial charge in [-0.2, -0.15) is 14.3 Å². The van der Waals surface area contributed by atoms with Gasteiger partial charge in [-0.05, 0) is 40.5 Å². The summed E-state index contributed by atoms with van der Waals surface area (Å²) in [5.74, 6) is 0. The fraction of sp³-hybridized carbons (Fsp3) is 1.00. The molecule has 0 aromatic rings. The van der Waals surface area contributed by atoms with E-state index in [9.17, 15) is 9.79 Å². The van der Waals surface area contributed by atoms with Crippen LogP contribution in [0.15, 0.2) is 0 Å². The maximum Gasteiger partial charge on any atom is 0.499 e. The second-order valence-corrected chi connectivity index (χ2v) is 13.1. The molecule has 0 bridgehead atoms. The lowest BCUT2D eigenvalue weighted by atomic mass is 10.0. The van der Waals surface area contributed by atoms with Crippen LogP contribution in [0.4, 0.5) is 0 Å². The summed E-state index contributed by atoms with van der Waals surface area (Å²) >= 11 is 0. The first-order valence-corrected chi connectivity index (χ1v) is 17.1. The molecule has 212 valence electrons. The van der Waals surface area contributed by atoms with Gasteiger partial charge in [0.05, 0.1) is 0 Å². The molecule has 0 amide bonds. The minimum absolute atomic E-state index is 0.0442. The van der Waals surface area contributed by atoms with Gasteiger partial charge in [0.15, 0.2) is 0 Å². The molecular formula is C30H65NO3P+. The van der Waals surface area contributed by atoms with Crippen molar-refractivity contribution in [2.45, 2.75) is 195 Å². The summed E-state index contributed by atoms with van der Waals surface area (Å²) in [7, 11) is -3.54. The molecule has 4 nitrogen and oxygen atoms in total. The molecule has 0 aromatic heterocycles. The standard InChI is InChI=1S/C30H65NO3P/c1-7-9-11-13-14-15-16-17-18-19-20-21-23-25-27-30(26-24-22-12-10-8-2)34-35(32,33)31(28(3)4)29(5)6/h28-30,32-33H,7-27H2,1-6H3/q+1. The third-order valence-electron chi connectivity index (χ3n) is 7.16. The SMILES string of the molecule is CCCCCCCCCCCCCCCCC(CCCCCCC)O[P+](O)(O)N(C(C)C)C(C)C. The van der Waals surface area contributed by atoms with E-state index in [2.05, 4.69) is 13.8 Å². The predicted octanol–water partition coefficient (Wildman–Crippen LogP) is 10.4. The Morgan fingerprint density at radius 1 is 0.514 bits per heavy atom. The van der Waals surface area contributed by atoms with Crippen molar-refractivity contribution in [1.29, 1.82) is 0 Å². The largest absolute Gasteiger partial charge is 0.499 e. The van der Waals surface area contributed by atoms with Crippen LogP contribution in [0, 0.1) is 0 Å². The Labute approximate surface area is 221 Å². The van der Waals surface area contributed by atoms with Gasteiger partial charge < -0.3 is 0 Å². The van der Waals surface area contributed by atoms with E-state index in [1.165, 1.54) is 109 Å². The topological polar surface area (TPSA) is 52.9 Å². The van der Waals surface area contributed by atoms with Gasteiger partial charge >= 0.3 is 8.09 Å². The first-order valence-electron chi connectivity index (χ1n) is 15.6. The monoisotopic (exact) mass is 518 g/mol. The molecule has 35 heavy (non-hydrogen) atoms. The highest BCUT2D eigenvalue weighted by Gasteiger charge is 2.50. The minimum atomic E-state index is -3.54. The van der Waals surface area contributed by atoms with E-state index in [0.717, 1.165) is 25.7 Å². The van der Waals surface area contributed by atoms with Gasteiger partial charge in [0.25, 0.3) is 0 Å². The summed E-state index contributed by atoms with van der Waals surface area (Å²) in [6.07, 6.45) is 27.0. The Bertz CT molecular complexity index is 437. The molecule has 0 fully saturated rings. The van der Waals surface area contributed by atoms with Crippen molar-refractivity contribution >= 4 is 8.09 Å². The molecule has 1 atom stereocenters. The molecule has 0 saturated heterocycles. The van der Waals surface area contributed by atoms with Gasteiger partial charge in [-0.15, -0.1) is 0 Å². The van der Waals surface area contributed by atoms with Crippen LogP contribution < -0.4 is 0 Å². The van der Waals surface area contributed by atoms with Crippen molar-refractivity contribution in [2.75, 3.05) is 0 Å². The Morgan fingerprint density at radius 3 is 1.09 bits per heavy atom. The Hall–Kier alpha value is 0.270. The predicted molar refractivity (Wildman–Crippen MR) is 157 cm³/mol. The molecule has 0 rings (SSSR count). The lowest BCUT2D eigenvalue weighted by Gasteiger charge is -2.32. The summed E-state index contributed by atoms with van der Waals surface area (Å²) < 4.78 is 7.86. The van der Waals surface area contributed by atoms with E-state index in [1.54, 1.807) is 4.67 Å². The zero-order chi connectivity index (χ0) is 26.4. The summed E-state index contributed by atoms with van der Waals surface area (Å²) in [5, 5.41) is 0. The molecule has 1 unspecified atom stereocenters. The van der Waals surface area contributed by atoms with Crippen LogP contribution in [-0.4, -0.2) is 32.6 Å². The van der Waals surface area contributed by atoms with Crippen molar-refractivity contribution in [3.63, 3.8) is 0 Å². The molecule has 2 N–H and O–H groups in total. The van der Waals surface area contributed by atoms with Crippen molar-refractivity contribution in [3.05, 3.63) is 0 Å². The Balaban J connectivity index is 4.20. The van der Waals surface area contributed by atoms with Crippen molar-refractivity contribution in [2.24, 2.45) is 0 Å². The van der Waals surface area contributed by atoms with Crippen LogP contribution in [0.5, 0.6) is 0 Å². The van der Waals surface area contributed by atoms with Gasteiger partial charge in [-0.3, -0.25) is 0 Å².